The van der Waals surface area contributed by atoms with Crippen LogP contribution in [0.5, 0.6) is 5.75 Å². The van der Waals surface area contributed by atoms with E-state index in [2.05, 4.69) is 15.9 Å². The van der Waals surface area contributed by atoms with Crippen molar-refractivity contribution in [3.05, 3.63) is 79.4 Å². The van der Waals surface area contributed by atoms with Gasteiger partial charge in [0, 0.05) is 48.9 Å². The van der Waals surface area contributed by atoms with Gasteiger partial charge in [0.2, 0.25) is 5.82 Å². The molecule has 0 atom stereocenters. The van der Waals surface area contributed by atoms with Crippen LogP contribution in [0.1, 0.15) is 16.7 Å². The number of nitro groups is 1. The van der Waals surface area contributed by atoms with Crippen LogP contribution in [0.4, 0.5) is 14.9 Å². The van der Waals surface area contributed by atoms with Crippen LogP contribution in [0.15, 0.2) is 45.6 Å². The highest BCUT2D eigenvalue weighted by molar-refractivity contribution is 9.08. The minimum Gasteiger partial charge on any atom is -0.422 e. The fourth-order valence-electron chi connectivity index (χ4n) is 2.90. The van der Waals surface area contributed by atoms with Crippen LogP contribution in [0, 0.1) is 15.9 Å². The third kappa shape index (κ3) is 4.18. The van der Waals surface area contributed by atoms with E-state index >= 15 is 0 Å². The van der Waals surface area contributed by atoms with Crippen molar-refractivity contribution in [3.8, 4) is 5.75 Å². The lowest BCUT2D eigenvalue weighted by Crippen LogP contribution is -2.25. The Labute approximate surface area is 178 Å². The first-order valence-corrected chi connectivity index (χ1v) is 9.80. The molecule has 30 heavy (non-hydrogen) atoms. The number of fused-ring (bicyclic) bond motifs is 1. The van der Waals surface area contributed by atoms with Gasteiger partial charge >= 0.3 is 17.4 Å². The third-order valence-electron chi connectivity index (χ3n) is 4.42. The number of benzene rings is 2. The Hall–Kier alpha value is -3.27. The fraction of sp³-hybridized carbons (Fsp3) is 0.200. The van der Waals surface area contributed by atoms with E-state index in [1.165, 1.54) is 37.2 Å². The Bertz CT molecular complexity index is 1210. The van der Waals surface area contributed by atoms with Crippen molar-refractivity contribution in [2.45, 2.75) is 11.8 Å². The van der Waals surface area contributed by atoms with Gasteiger partial charge in [0.1, 0.15) is 11.3 Å². The van der Waals surface area contributed by atoms with E-state index in [-0.39, 0.29) is 34.2 Å². The summed E-state index contributed by atoms with van der Waals surface area (Å²) in [5.74, 6) is -0.796. The first-order valence-electron chi connectivity index (χ1n) is 8.68. The summed E-state index contributed by atoms with van der Waals surface area (Å²) in [5, 5.41) is 11.8. The van der Waals surface area contributed by atoms with Crippen LogP contribution in [-0.4, -0.2) is 30.0 Å². The summed E-state index contributed by atoms with van der Waals surface area (Å²) in [4.78, 5) is 35.8. The topological polar surface area (TPSA) is 103 Å². The zero-order valence-corrected chi connectivity index (χ0v) is 17.6. The first kappa shape index (κ1) is 21.4. The second-order valence-electron chi connectivity index (χ2n) is 6.58. The van der Waals surface area contributed by atoms with Crippen LogP contribution in [0.2, 0.25) is 0 Å². The molecule has 3 rings (SSSR count). The molecule has 2 aromatic carbocycles. The summed E-state index contributed by atoms with van der Waals surface area (Å²) in [6.45, 7) is 0. The van der Waals surface area contributed by atoms with Gasteiger partial charge in [-0.05, 0) is 23.3 Å². The van der Waals surface area contributed by atoms with Crippen LogP contribution >= 0.6 is 15.9 Å². The summed E-state index contributed by atoms with van der Waals surface area (Å²) in [6.07, 6.45) is -0.764. The number of carbonyl (C=O) groups is 1. The number of rotatable bonds is 5. The van der Waals surface area contributed by atoms with E-state index in [4.69, 9.17) is 9.15 Å². The van der Waals surface area contributed by atoms with E-state index in [1.54, 1.807) is 12.1 Å². The molecule has 0 fully saturated rings. The quantitative estimate of drug-likeness (QED) is 0.233. The lowest BCUT2D eigenvalue weighted by atomic mass is 9.99. The average molecular weight is 479 g/mol. The number of nitro benzene ring substituents is 1. The molecule has 156 valence electrons. The summed E-state index contributed by atoms with van der Waals surface area (Å²) in [6, 6.07) is 8.39. The van der Waals surface area contributed by atoms with Crippen molar-refractivity contribution < 1.29 is 23.3 Å². The number of amides is 1. The minimum atomic E-state index is -0.992. The Morgan fingerprint density at radius 2 is 2.00 bits per heavy atom. The first-order chi connectivity index (χ1) is 14.2. The zero-order valence-electron chi connectivity index (χ0n) is 16.0. The number of hydrogen-bond donors (Lipinski definition) is 0. The monoisotopic (exact) mass is 478 g/mol. The smallest absolute Gasteiger partial charge is 0.414 e. The Balaban J connectivity index is 2.08. The van der Waals surface area contributed by atoms with Crippen molar-refractivity contribution in [3.63, 3.8) is 0 Å². The molecule has 0 N–H and O–H groups in total. The van der Waals surface area contributed by atoms with E-state index in [9.17, 15) is 24.1 Å². The normalized spacial score (nSPS) is 10.8. The number of alkyl halides is 1. The van der Waals surface area contributed by atoms with Crippen molar-refractivity contribution in [1.29, 1.82) is 0 Å². The van der Waals surface area contributed by atoms with Crippen LogP contribution < -0.4 is 10.4 Å². The molecule has 10 heteroatoms. The van der Waals surface area contributed by atoms with Gasteiger partial charge in [-0.3, -0.25) is 10.1 Å². The molecule has 0 saturated carbocycles. The molecule has 0 aliphatic heterocycles. The molecule has 8 nitrogen and oxygen atoms in total. The van der Waals surface area contributed by atoms with Crippen LogP contribution in [0.25, 0.3) is 11.0 Å². The Morgan fingerprint density at radius 3 is 2.63 bits per heavy atom. The summed E-state index contributed by atoms with van der Waals surface area (Å²) < 4.78 is 25.0. The van der Waals surface area contributed by atoms with Crippen molar-refractivity contribution in [2.24, 2.45) is 0 Å². The Morgan fingerprint density at radius 1 is 1.27 bits per heavy atom. The van der Waals surface area contributed by atoms with Crippen molar-refractivity contribution in [2.75, 3.05) is 14.1 Å². The zero-order chi connectivity index (χ0) is 22.0. The van der Waals surface area contributed by atoms with E-state index < -0.39 is 28.1 Å². The molecule has 0 aliphatic carbocycles. The standard InChI is InChI=1S/C20H16BrFN2O6/c1-23(2)20(26)29-12-6-7-13-15(10-21)14(19(25)30-17(13)9-12)8-11-4-3-5-16(18(11)22)24(27)28/h3-7,9H,8,10H2,1-2H3. The molecule has 1 aromatic heterocycles. The Kier molecular flexibility index (Phi) is 6.16. The van der Waals surface area contributed by atoms with E-state index in [0.29, 0.717) is 10.9 Å². The molecule has 1 heterocycles. The van der Waals surface area contributed by atoms with Gasteiger partial charge in [0.25, 0.3) is 0 Å². The summed E-state index contributed by atoms with van der Waals surface area (Å²) in [5.41, 5.74) is -0.435. The van der Waals surface area contributed by atoms with Gasteiger partial charge in [-0.25, -0.2) is 9.59 Å². The maximum atomic E-state index is 14.5. The second kappa shape index (κ2) is 8.62. The van der Waals surface area contributed by atoms with E-state index in [1.807, 2.05) is 0 Å². The maximum absolute atomic E-state index is 14.5. The van der Waals surface area contributed by atoms with Crippen LogP contribution in [0.3, 0.4) is 0 Å². The number of ether oxygens (including phenoxy) is 1. The lowest BCUT2D eigenvalue weighted by molar-refractivity contribution is -0.387. The van der Waals surface area contributed by atoms with Gasteiger partial charge in [-0.2, -0.15) is 4.39 Å². The lowest BCUT2D eigenvalue weighted by Gasteiger charge is -2.13. The van der Waals surface area contributed by atoms with Gasteiger partial charge in [-0.1, -0.05) is 28.1 Å². The third-order valence-corrected chi connectivity index (χ3v) is 4.98. The molecule has 0 saturated heterocycles. The highest BCUT2D eigenvalue weighted by atomic mass is 79.9. The SMILES string of the molecule is CN(C)C(=O)Oc1ccc2c(CBr)c(Cc3cccc([N+](=O)[O-])c3F)c(=O)oc2c1. The van der Waals surface area contributed by atoms with Gasteiger partial charge in [-0.15, -0.1) is 0 Å². The largest absolute Gasteiger partial charge is 0.422 e. The average Bonchev–Trinajstić information content (AvgIpc) is 2.69. The number of carbonyl (C=O) groups excluding carboxylic acids is 1. The molecular formula is C20H16BrFN2O6. The summed E-state index contributed by atoms with van der Waals surface area (Å²) in [7, 11) is 3.07. The van der Waals surface area contributed by atoms with E-state index in [0.717, 1.165) is 6.07 Å². The van der Waals surface area contributed by atoms with Gasteiger partial charge in [0.05, 0.1) is 4.92 Å². The number of nitrogens with zero attached hydrogens (tertiary/aromatic N) is 2. The van der Waals surface area contributed by atoms with Gasteiger partial charge < -0.3 is 14.1 Å². The molecule has 0 unspecified atom stereocenters. The molecule has 0 radical (unpaired) electrons. The highest BCUT2D eigenvalue weighted by Gasteiger charge is 2.21. The minimum absolute atomic E-state index is 0.00887. The summed E-state index contributed by atoms with van der Waals surface area (Å²) >= 11 is 3.34. The number of halogens is 2. The molecule has 0 spiro atoms. The molecule has 1 amide bonds. The molecule has 3 aromatic rings. The number of hydrogen-bond acceptors (Lipinski definition) is 6. The van der Waals surface area contributed by atoms with Gasteiger partial charge in [0.15, 0.2) is 0 Å². The highest BCUT2D eigenvalue weighted by Crippen LogP contribution is 2.29. The predicted octanol–water partition coefficient (Wildman–Crippen LogP) is 4.39. The maximum Gasteiger partial charge on any atom is 0.414 e. The molecule has 0 aliphatic rings. The second-order valence-corrected chi connectivity index (χ2v) is 7.15. The van der Waals surface area contributed by atoms with Crippen molar-refractivity contribution >= 4 is 38.7 Å². The van der Waals surface area contributed by atoms with Crippen LogP contribution in [-0.2, 0) is 11.8 Å². The molecule has 0 bridgehead atoms. The predicted molar refractivity (Wildman–Crippen MR) is 111 cm³/mol. The van der Waals surface area contributed by atoms with Crippen molar-refractivity contribution in [1.82, 2.24) is 4.90 Å². The fourth-order valence-corrected chi connectivity index (χ4v) is 3.55. The molecular weight excluding hydrogens is 463 g/mol.